The highest BCUT2D eigenvalue weighted by Gasteiger charge is 2.33. The lowest BCUT2D eigenvalue weighted by Crippen LogP contribution is -2.51. The highest BCUT2D eigenvalue weighted by atomic mass is 32.2. The largest absolute Gasteiger partial charge is 0.379 e. The Kier molecular flexibility index (Phi) is 4.41. The molecule has 9 heteroatoms. The van der Waals surface area contributed by atoms with Gasteiger partial charge in [-0.25, -0.2) is 0 Å². The molecule has 0 radical (unpaired) electrons. The topological polar surface area (TPSA) is 98.6 Å². The molecule has 0 aliphatic carbocycles. The average molecular weight is 275 g/mol. The summed E-state index contributed by atoms with van der Waals surface area (Å²) >= 11 is 0. The molecule has 0 bridgehead atoms. The third-order valence-electron chi connectivity index (χ3n) is 3.26. The number of azide groups is 1. The van der Waals surface area contributed by atoms with Gasteiger partial charge in [0, 0.05) is 37.1 Å². The van der Waals surface area contributed by atoms with Gasteiger partial charge < -0.3 is 4.74 Å². The zero-order valence-electron chi connectivity index (χ0n) is 10.1. The van der Waals surface area contributed by atoms with E-state index < -0.39 is 10.2 Å². The molecule has 2 saturated heterocycles. The third-order valence-corrected chi connectivity index (χ3v) is 5.30. The molecule has 0 unspecified atom stereocenters. The molecule has 0 atom stereocenters. The predicted octanol–water partition coefficient (Wildman–Crippen LogP) is 0.338. The zero-order valence-corrected chi connectivity index (χ0v) is 10.9. The van der Waals surface area contributed by atoms with Crippen molar-refractivity contribution >= 4 is 10.2 Å². The standard InChI is InChI=1S/C9H17N5O3S/c10-12-11-9-1-3-13(4-2-9)18(15,16)14-5-7-17-8-6-14/h9H,1-8H2. The van der Waals surface area contributed by atoms with E-state index in [-0.39, 0.29) is 6.04 Å². The average Bonchev–Trinajstić information content (AvgIpc) is 2.41. The van der Waals surface area contributed by atoms with E-state index in [2.05, 4.69) is 10.0 Å². The van der Waals surface area contributed by atoms with Gasteiger partial charge in [-0.15, -0.1) is 0 Å². The molecular formula is C9H17N5O3S. The summed E-state index contributed by atoms with van der Waals surface area (Å²) in [6.07, 6.45) is 1.18. The molecule has 18 heavy (non-hydrogen) atoms. The monoisotopic (exact) mass is 275 g/mol. The van der Waals surface area contributed by atoms with E-state index in [9.17, 15) is 8.42 Å². The summed E-state index contributed by atoms with van der Waals surface area (Å²) in [6, 6.07) is -0.0776. The molecule has 2 heterocycles. The van der Waals surface area contributed by atoms with Gasteiger partial charge in [0.2, 0.25) is 0 Å². The molecular weight excluding hydrogens is 258 g/mol. The van der Waals surface area contributed by atoms with E-state index in [1.54, 1.807) is 0 Å². The van der Waals surface area contributed by atoms with Gasteiger partial charge in [-0.3, -0.25) is 0 Å². The molecule has 8 nitrogen and oxygen atoms in total. The molecule has 0 aromatic rings. The minimum atomic E-state index is -3.37. The van der Waals surface area contributed by atoms with Crippen molar-refractivity contribution in [3.05, 3.63) is 10.4 Å². The SMILES string of the molecule is [N-]=[N+]=NC1CCN(S(=O)(=O)N2CCOCC2)CC1. The molecule has 0 saturated carbocycles. The number of morpholine rings is 1. The van der Waals surface area contributed by atoms with Crippen molar-refractivity contribution in [2.75, 3.05) is 39.4 Å². The Morgan fingerprint density at radius 1 is 1.11 bits per heavy atom. The smallest absolute Gasteiger partial charge is 0.282 e. The van der Waals surface area contributed by atoms with Crippen LogP contribution in [-0.2, 0) is 14.9 Å². The number of rotatable bonds is 3. The van der Waals surface area contributed by atoms with Gasteiger partial charge in [0.25, 0.3) is 10.2 Å². The van der Waals surface area contributed by atoms with Crippen LogP contribution in [0.4, 0.5) is 0 Å². The van der Waals surface area contributed by atoms with Crippen molar-refractivity contribution in [2.24, 2.45) is 5.11 Å². The molecule has 0 aromatic heterocycles. The van der Waals surface area contributed by atoms with Crippen LogP contribution in [-0.4, -0.2) is 62.5 Å². The maximum Gasteiger partial charge on any atom is 0.282 e. The Balaban J connectivity index is 1.97. The van der Waals surface area contributed by atoms with E-state index in [0.29, 0.717) is 52.2 Å². The van der Waals surface area contributed by atoms with Gasteiger partial charge in [0.15, 0.2) is 0 Å². The van der Waals surface area contributed by atoms with Crippen molar-refractivity contribution in [3.63, 3.8) is 0 Å². The molecule has 2 fully saturated rings. The second-order valence-corrected chi connectivity index (χ2v) is 6.28. The van der Waals surface area contributed by atoms with E-state index >= 15 is 0 Å². The highest BCUT2D eigenvalue weighted by Crippen LogP contribution is 2.19. The summed E-state index contributed by atoms with van der Waals surface area (Å²) in [4.78, 5) is 2.77. The Labute approximate surface area is 106 Å². The molecule has 0 amide bonds. The Bertz CT molecular complexity index is 419. The van der Waals surface area contributed by atoms with Crippen LogP contribution >= 0.6 is 0 Å². The number of hydrogen-bond donors (Lipinski definition) is 0. The molecule has 2 aliphatic heterocycles. The zero-order chi connectivity index (χ0) is 13.0. The van der Waals surface area contributed by atoms with Gasteiger partial charge in [-0.05, 0) is 18.4 Å². The summed E-state index contributed by atoms with van der Waals surface area (Å²) in [7, 11) is -3.37. The number of piperidine rings is 1. The van der Waals surface area contributed by atoms with Crippen molar-refractivity contribution in [1.29, 1.82) is 0 Å². The first-order valence-corrected chi connectivity index (χ1v) is 7.41. The summed E-state index contributed by atoms with van der Waals surface area (Å²) < 4.78 is 32.7. The van der Waals surface area contributed by atoms with Crippen LogP contribution in [0.15, 0.2) is 5.11 Å². The van der Waals surface area contributed by atoms with Gasteiger partial charge >= 0.3 is 0 Å². The minimum absolute atomic E-state index is 0.0776. The Morgan fingerprint density at radius 2 is 1.67 bits per heavy atom. The molecule has 0 N–H and O–H groups in total. The fourth-order valence-corrected chi connectivity index (χ4v) is 3.81. The summed E-state index contributed by atoms with van der Waals surface area (Å²) in [5.41, 5.74) is 8.35. The normalized spacial score (nSPS) is 24.7. The van der Waals surface area contributed by atoms with Crippen LogP contribution < -0.4 is 0 Å². The van der Waals surface area contributed by atoms with Crippen molar-refractivity contribution in [3.8, 4) is 0 Å². The van der Waals surface area contributed by atoms with Crippen molar-refractivity contribution < 1.29 is 13.2 Å². The lowest BCUT2D eigenvalue weighted by atomic mass is 10.1. The predicted molar refractivity (Wildman–Crippen MR) is 65.1 cm³/mol. The van der Waals surface area contributed by atoms with E-state index in [4.69, 9.17) is 10.3 Å². The molecule has 0 aromatic carbocycles. The van der Waals surface area contributed by atoms with E-state index in [1.807, 2.05) is 0 Å². The van der Waals surface area contributed by atoms with Crippen LogP contribution in [0.2, 0.25) is 0 Å². The van der Waals surface area contributed by atoms with Crippen LogP contribution in [0.3, 0.4) is 0 Å². The van der Waals surface area contributed by atoms with Crippen LogP contribution in [0.25, 0.3) is 10.4 Å². The van der Waals surface area contributed by atoms with Crippen molar-refractivity contribution in [1.82, 2.24) is 8.61 Å². The lowest BCUT2D eigenvalue weighted by Gasteiger charge is -2.35. The summed E-state index contributed by atoms with van der Waals surface area (Å²) in [5, 5.41) is 3.64. The van der Waals surface area contributed by atoms with Gasteiger partial charge in [0.1, 0.15) is 0 Å². The first kappa shape index (κ1) is 13.6. The molecule has 2 aliphatic rings. The fraction of sp³-hybridized carbons (Fsp3) is 1.00. The summed E-state index contributed by atoms with van der Waals surface area (Å²) in [5.74, 6) is 0. The van der Waals surface area contributed by atoms with Gasteiger partial charge in [-0.1, -0.05) is 5.11 Å². The second-order valence-electron chi connectivity index (χ2n) is 4.35. The van der Waals surface area contributed by atoms with Gasteiger partial charge in [-0.2, -0.15) is 17.0 Å². The first-order chi connectivity index (χ1) is 8.64. The van der Waals surface area contributed by atoms with Crippen LogP contribution in [0.5, 0.6) is 0 Å². The Hall–Kier alpha value is -0.860. The third kappa shape index (κ3) is 2.93. The highest BCUT2D eigenvalue weighted by molar-refractivity contribution is 7.86. The first-order valence-electron chi connectivity index (χ1n) is 6.02. The number of ether oxygens (including phenoxy) is 1. The van der Waals surface area contributed by atoms with Gasteiger partial charge in [0.05, 0.1) is 13.2 Å². The second kappa shape index (κ2) is 5.85. The van der Waals surface area contributed by atoms with Crippen molar-refractivity contribution in [2.45, 2.75) is 18.9 Å². The number of nitrogens with zero attached hydrogens (tertiary/aromatic N) is 5. The summed E-state index contributed by atoms with van der Waals surface area (Å²) in [6.45, 7) is 2.58. The quantitative estimate of drug-likeness (QED) is 0.422. The van der Waals surface area contributed by atoms with Crippen LogP contribution in [0, 0.1) is 0 Å². The maximum atomic E-state index is 12.3. The number of hydrogen-bond acceptors (Lipinski definition) is 4. The molecule has 0 spiro atoms. The van der Waals surface area contributed by atoms with Crippen LogP contribution in [0.1, 0.15) is 12.8 Å². The van der Waals surface area contributed by atoms with E-state index in [0.717, 1.165) is 0 Å². The minimum Gasteiger partial charge on any atom is -0.379 e. The molecule has 102 valence electrons. The lowest BCUT2D eigenvalue weighted by molar-refractivity contribution is 0.0696. The van der Waals surface area contributed by atoms with E-state index in [1.165, 1.54) is 8.61 Å². The Morgan fingerprint density at radius 3 is 2.22 bits per heavy atom. The maximum absolute atomic E-state index is 12.3. The molecule has 2 rings (SSSR count). The fourth-order valence-electron chi connectivity index (χ4n) is 2.20.